The number of rotatable bonds is 5. The van der Waals surface area contributed by atoms with E-state index in [2.05, 4.69) is 26.8 Å². The third-order valence-electron chi connectivity index (χ3n) is 5.49. The Morgan fingerprint density at radius 3 is 3.00 bits per heavy atom. The summed E-state index contributed by atoms with van der Waals surface area (Å²) in [6.45, 7) is 4.57. The molecular weight excluding hydrogens is 404 g/mol. The van der Waals surface area contributed by atoms with Gasteiger partial charge in [-0.1, -0.05) is 12.1 Å². The van der Waals surface area contributed by atoms with Gasteiger partial charge in [0.2, 0.25) is 5.95 Å². The molecule has 0 aliphatic carbocycles. The van der Waals surface area contributed by atoms with Crippen molar-refractivity contribution in [1.82, 2.24) is 25.3 Å². The molecule has 0 spiro atoms. The van der Waals surface area contributed by atoms with Crippen LogP contribution in [0.5, 0.6) is 5.75 Å². The molecule has 1 aliphatic heterocycles. The van der Waals surface area contributed by atoms with Crippen LogP contribution < -0.4 is 15.8 Å². The summed E-state index contributed by atoms with van der Waals surface area (Å²) in [4.78, 5) is 28.7. The van der Waals surface area contributed by atoms with Crippen molar-refractivity contribution < 1.29 is 9.53 Å². The molecule has 160 valence electrons. The zero-order chi connectivity index (χ0) is 22.1. The van der Waals surface area contributed by atoms with Gasteiger partial charge in [-0.3, -0.25) is 4.79 Å². The molecule has 3 heterocycles. The predicted molar refractivity (Wildman–Crippen MR) is 122 cm³/mol. The fourth-order valence-corrected chi connectivity index (χ4v) is 3.89. The zero-order valence-electron chi connectivity index (χ0n) is 17.3. The number of aromatic amines is 1. The van der Waals surface area contributed by atoms with Crippen molar-refractivity contribution >= 4 is 22.9 Å². The SMILES string of the molecule is C=CCNC(=O)c1ccc2c(c1)CC(c1nc3ccc(-c4ccnc(N)n4)cc3[nH]1)CO2. The third-order valence-corrected chi connectivity index (χ3v) is 5.49. The van der Waals surface area contributed by atoms with Crippen LogP contribution in [0.15, 0.2) is 61.3 Å². The molecule has 4 aromatic rings. The average Bonchev–Trinajstić information content (AvgIpc) is 3.25. The summed E-state index contributed by atoms with van der Waals surface area (Å²) in [6, 6.07) is 13.3. The van der Waals surface area contributed by atoms with E-state index >= 15 is 0 Å². The highest BCUT2D eigenvalue weighted by Crippen LogP contribution is 2.33. The number of hydrogen-bond acceptors (Lipinski definition) is 6. The number of hydrogen-bond donors (Lipinski definition) is 3. The van der Waals surface area contributed by atoms with Gasteiger partial charge in [-0.25, -0.2) is 15.0 Å². The molecule has 2 aromatic heterocycles. The summed E-state index contributed by atoms with van der Waals surface area (Å²) in [7, 11) is 0. The second-order valence-electron chi connectivity index (χ2n) is 7.69. The summed E-state index contributed by atoms with van der Waals surface area (Å²) in [5.74, 6) is 1.83. The van der Waals surface area contributed by atoms with Gasteiger partial charge < -0.3 is 20.8 Å². The number of aromatic nitrogens is 4. The molecule has 32 heavy (non-hydrogen) atoms. The van der Waals surface area contributed by atoms with Crippen LogP contribution in [0.4, 0.5) is 5.95 Å². The minimum atomic E-state index is -0.128. The lowest BCUT2D eigenvalue weighted by atomic mass is 9.94. The number of nitrogens with one attached hydrogen (secondary N) is 2. The van der Waals surface area contributed by atoms with Crippen molar-refractivity contribution in [1.29, 1.82) is 0 Å². The Kier molecular flexibility index (Phi) is 5.03. The first-order valence-corrected chi connectivity index (χ1v) is 10.3. The van der Waals surface area contributed by atoms with E-state index < -0.39 is 0 Å². The van der Waals surface area contributed by atoms with Gasteiger partial charge in [0.1, 0.15) is 11.6 Å². The predicted octanol–water partition coefficient (Wildman–Crippen LogP) is 3.24. The van der Waals surface area contributed by atoms with E-state index in [0.717, 1.165) is 45.8 Å². The van der Waals surface area contributed by atoms with Crippen LogP contribution in [0, 0.1) is 0 Å². The monoisotopic (exact) mass is 426 g/mol. The molecule has 4 N–H and O–H groups in total. The molecule has 5 rings (SSSR count). The number of carbonyl (C=O) groups excluding carboxylic acids is 1. The smallest absolute Gasteiger partial charge is 0.251 e. The van der Waals surface area contributed by atoms with Gasteiger partial charge in [0.15, 0.2) is 0 Å². The Labute approximate surface area is 184 Å². The lowest BCUT2D eigenvalue weighted by Crippen LogP contribution is -2.24. The topological polar surface area (TPSA) is 119 Å². The Hall–Kier alpha value is -4.20. The van der Waals surface area contributed by atoms with Crippen LogP contribution in [-0.2, 0) is 6.42 Å². The molecule has 1 unspecified atom stereocenters. The number of anilines is 1. The summed E-state index contributed by atoms with van der Waals surface area (Å²) >= 11 is 0. The van der Waals surface area contributed by atoms with Crippen LogP contribution in [0.25, 0.3) is 22.3 Å². The van der Waals surface area contributed by atoms with Crippen molar-refractivity contribution in [2.45, 2.75) is 12.3 Å². The second-order valence-corrected chi connectivity index (χ2v) is 7.69. The number of nitrogen functional groups attached to an aromatic ring is 1. The van der Waals surface area contributed by atoms with Gasteiger partial charge in [0.05, 0.1) is 29.3 Å². The number of ether oxygens (including phenoxy) is 1. The van der Waals surface area contributed by atoms with E-state index in [0.29, 0.717) is 18.7 Å². The van der Waals surface area contributed by atoms with E-state index in [4.69, 9.17) is 15.5 Å². The van der Waals surface area contributed by atoms with E-state index in [1.807, 2.05) is 36.4 Å². The molecule has 1 amide bonds. The Morgan fingerprint density at radius 1 is 1.25 bits per heavy atom. The maximum absolute atomic E-state index is 12.3. The largest absolute Gasteiger partial charge is 0.493 e. The van der Waals surface area contributed by atoms with Crippen molar-refractivity contribution in [3.05, 3.63) is 78.3 Å². The maximum atomic E-state index is 12.3. The quantitative estimate of drug-likeness (QED) is 0.422. The number of fused-ring (bicyclic) bond motifs is 2. The zero-order valence-corrected chi connectivity index (χ0v) is 17.3. The summed E-state index contributed by atoms with van der Waals surface area (Å²) in [5, 5.41) is 2.81. The van der Waals surface area contributed by atoms with Crippen LogP contribution in [0.3, 0.4) is 0 Å². The molecule has 1 aliphatic rings. The fourth-order valence-electron chi connectivity index (χ4n) is 3.89. The molecule has 0 saturated carbocycles. The van der Waals surface area contributed by atoms with Crippen molar-refractivity contribution in [2.24, 2.45) is 0 Å². The third kappa shape index (κ3) is 3.78. The highest BCUT2D eigenvalue weighted by Gasteiger charge is 2.25. The van der Waals surface area contributed by atoms with Crippen molar-refractivity contribution in [2.75, 3.05) is 18.9 Å². The maximum Gasteiger partial charge on any atom is 0.251 e. The first kappa shape index (κ1) is 19.7. The van der Waals surface area contributed by atoms with Gasteiger partial charge in [-0.2, -0.15) is 0 Å². The summed E-state index contributed by atoms with van der Waals surface area (Å²) < 4.78 is 5.97. The molecule has 8 nitrogen and oxygen atoms in total. The highest BCUT2D eigenvalue weighted by molar-refractivity contribution is 5.94. The number of nitrogens with two attached hydrogens (primary N) is 1. The van der Waals surface area contributed by atoms with Crippen LogP contribution in [0.2, 0.25) is 0 Å². The molecular formula is C24H22N6O2. The number of benzene rings is 2. The molecule has 8 heteroatoms. The fraction of sp³-hybridized carbons (Fsp3) is 0.167. The number of nitrogens with zero attached hydrogens (tertiary/aromatic N) is 3. The molecule has 1 atom stereocenters. The van der Waals surface area contributed by atoms with E-state index in [9.17, 15) is 4.79 Å². The minimum absolute atomic E-state index is 0.0551. The van der Waals surface area contributed by atoms with Gasteiger partial charge in [-0.05, 0) is 48.4 Å². The van der Waals surface area contributed by atoms with Gasteiger partial charge in [0.25, 0.3) is 5.91 Å². The Morgan fingerprint density at radius 2 is 2.16 bits per heavy atom. The molecule has 0 bridgehead atoms. The Balaban J connectivity index is 1.40. The highest BCUT2D eigenvalue weighted by atomic mass is 16.5. The molecule has 0 radical (unpaired) electrons. The van der Waals surface area contributed by atoms with Crippen molar-refractivity contribution in [3.8, 4) is 17.0 Å². The first-order chi connectivity index (χ1) is 15.6. The minimum Gasteiger partial charge on any atom is -0.493 e. The number of amides is 1. The first-order valence-electron chi connectivity index (χ1n) is 10.3. The van der Waals surface area contributed by atoms with Gasteiger partial charge in [-0.15, -0.1) is 6.58 Å². The standard InChI is InChI=1S/C24H22N6O2/c1-2-8-26-23(31)15-4-6-21-16(10-15)11-17(13-32-21)22-28-19-5-3-14(12-20(19)29-22)18-7-9-27-24(25)30-18/h2-7,9-10,12,17H,1,8,11,13H2,(H,26,31)(H,28,29)(H2,25,27,30). The lowest BCUT2D eigenvalue weighted by Gasteiger charge is -2.24. The van der Waals surface area contributed by atoms with Crippen LogP contribution in [0.1, 0.15) is 27.7 Å². The van der Waals surface area contributed by atoms with Crippen molar-refractivity contribution in [3.63, 3.8) is 0 Å². The summed E-state index contributed by atoms with van der Waals surface area (Å²) in [5.41, 5.74) is 10.8. The van der Waals surface area contributed by atoms with Gasteiger partial charge >= 0.3 is 0 Å². The lowest BCUT2D eigenvalue weighted by molar-refractivity contribution is 0.0957. The number of carbonyl (C=O) groups is 1. The number of H-pyrrole nitrogens is 1. The van der Waals surface area contributed by atoms with E-state index in [-0.39, 0.29) is 17.8 Å². The van der Waals surface area contributed by atoms with Gasteiger partial charge in [0, 0.05) is 23.9 Å². The molecule has 0 fully saturated rings. The van der Waals surface area contributed by atoms with E-state index in [1.54, 1.807) is 18.3 Å². The summed E-state index contributed by atoms with van der Waals surface area (Å²) in [6.07, 6.45) is 4.03. The average molecular weight is 426 g/mol. The molecule has 2 aromatic carbocycles. The number of imidazole rings is 1. The normalized spacial score (nSPS) is 15.1. The Bertz CT molecular complexity index is 1330. The van der Waals surface area contributed by atoms with E-state index in [1.165, 1.54) is 0 Å². The second kappa shape index (κ2) is 8.14. The van der Waals surface area contributed by atoms with Crippen LogP contribution in [-0.4, -0.2) is 39.0 Å². The molecule has 0 saturated heterocycles. The van der Waals surface area contributed by atoms with Crippen LogP contribution >= 0.6 is 0 Å².